The molecule has 0 unspecified atom stereocenters. The Kier molecular flexibility index (Phi) is 6.80. The van der Waals surface area contributed by atoms with Crippen molar-refractivity contribution >= 4 is 23.1 Å². The van der Waals surface area contributed by atoms with E-state index in [9.17, 15) is 10.1 Å². The summed E-state index contributed by atoms with van der Waals surface area (Å²) in [5, 5.41) is 29.1. The van der Waals surface area contributed by atoms with Crippen LogP contribution in [0.15, 0.2) is 30.7 Å². The van der Waals surface area contributed by atoms with Crippen LogP contribution in [0.4, 0.5) is 11.6 Å². The van der Waals surface area contributed by atoms with Crippen LogP contribution >= 0.6 is 0 Å². The van der Waals surface area contributed by atoms with Gasteiger partial charge >= 0.3 is 0 Å². The van der Waals surface area contributed by atoms with E-state index in [2.05, 4.69) is 25.7 Å². The molecule has 0 radical (unpaired) electrons. The fourth-order valence-corrected chi connectivity index (χ4v) is 4.18. The van der Waals surface area contributed by atoms with Crippen molar-refractivity contribution < 1.29 is 9.90 Å². The molecule has 4 aromatic rings. The number of rotatable bonds is 7. The SMILES string of the molecule is Cc1cc(-c2nc([C@H](C)Nc3ncnc(N)c3C#N)nn3ccc(C)c23)cc(C)c1C(=O)NCCO. The number of nitrogens with two attached hydrogens (primary N) is 1. The Morgan fingerprint density at radius 2 is 1.94 bits per heavy atom. The van der Waals surface area contributed by atoms with Crippen LogP contribution in [0.25, 0.3) is 16.8 Å². The lowest BCUT2D eigenvalue weighted by Crippen LogP contribution is -2.27. The van der Waals surface area contributed by atoms with Crippen molar-refractivity contribution in [3.05, 3.63) is 64.4 Å². The van der Waals surface area contributed by atoms with Gasteiger partial charge in [0.05, 0.1) is 23.9 Å². The van der Waals surface area contributed by atoms with Crippen LogP contribution in [0, 0.1) is 32.1 Å². The summed E-state index contributed by atoms with van der Waals surface area (Å²) in [5.41, 5.74) is 11.6. The molecular formula is C25H27N9O2. The van der Waals surface area contributed by atoms with Gasteiger partial charge < -0.3 is 21.5 Å². The molecule has 0 aliphatic heterocycles. The summed E-state index contributed by atoms with van der Waals surface area (Å²) in [6.07, 6.45) is 3.16. The number of benzene rings is 1. The smallest absolute Gasteiger partial charge is 0.251 e. The maximum absolute atomic E-state index is 12.6. The predicted octanol–water partition coefficient (Wildman–Crippen LogP) is 2.46. The number of aryl methyl sites for hydroxylation is 3. The summed E-state index contributed by atoms with van der Waals surface area (Å²) < 4.78 is 1.78. The summed E-state index contributed by atoms with van der Waals surface area (Å²) in [5.74, 6) is 0.646. The second-order valence-corrected chi connectivity index (χ2v) is 8.54. The molecule has 3 heterocycles. The number of amides is 1. The first-order valence-electron chi connectivity index (χ1n) is 11.4. The van der Waals surface area contributed by atoms with Crippen molar-refractivity contribution in [3.63, 3.8) is 0 Å². The molecule has 0 aliphatic carbocycles. The number of carbonyl (C=O) groups is 1. The molecule has 36 heavy (non-hydrogen) atoms. The highest BCUT2D eigenvalue weighted by molar-refractivity contribution is 5.98. The van der Waals surface area contributed by atoms with E-state index < -0.39 is 6.04 Å². The third-order valence-electron chi connectivity index (χ3n) is 5.89. The van der Waals surface area contributed by atoms with E-state index in [1.54, 1.807) is 4.52 Å². The van der Waals surface area contributed by atoms with E-state index in [1.807, 2.05) is 58.2 Å². The van der Waals surface area contributed by atoms with Crippen molar-refractivity contribution in [1.82, 2.24) is 29.9 Å². The number of nitrogen functional groups attached to an aromatic ring is 1. The molecule has 0 saturated heterocycles. The van der Waals surface area contributed by atoms with Crippen LogP contribution in [0.2, 0.25) is 0 Å². The second kappa shape index (κ2) is 9.97. The lowest BCUT2D eigenvalue weighted by atomic mass is 9.96. The third kappa shape index (κ3) is 4.54. The van der Waals surface area contributed by atoms with Crippen molar-refractivity contribution in [1.29, 1.82) is 5.26 Å². The van der Waals surface area contributed by atoms with Gasteiger partial charge in [-0.2, -0.15) is 10.4 Å². The number of nitrogens with zero attached hydrogens (tertiary/aromatic N) is 6. The van der Waals surface area contributed by atoms with Crippen molar-refractivity contribution in [2.24, 2.45) is 0 Å². The van der Waals surface area contributed by atoms with Crippen LogP contribution in [-0.2, 0) is 0 Å². The quantitative estimate of drug-likeness (QED) is 0.307. The molecule has 11 heteroatoms. The van der Waals surface area contributed by atoms with Crippen LogP contribution in [-0.4, -0.2) is 48.7 Å². The maximum Gasteiger partial charge on any atom is 0.251 e. The Bertz CT molecular complexity index is 1480. The van der Waals surface area contributed by atoms with Gasteiger partial charge in [-0.05, 0) is 62.6 Å². The molecule has 1 aromatic carbocycles. The summed E-state index contributed by atoms with van der Waals surface area (Å²) in [6, 6.07) is 7.43. The number of aromatic nitrogens is 5. The van der Waals surface area contributed by atoms with E-state index in [1.165, 1.54) is 6.33 Å². The molecule has 0 fully saturated rings. The van der Waals surface area contributed by atoms with Gasteiger partial charge in [0.1, 0.15) is 29.6 Å². The topological polar surface area (TPSA) is 167 Å². The van der Waals surface area contributed by atoms with E-state index in [4.69, 9.17) is 15.8 Å². The molecular weight excluding hydrogens is 458 g/mol. The Balaban J connectivity index is 1.79. The first-order chi connectivity index (χ1) is 17.2. The summed E-state index contributed by atoms with van der Waals surface area (Å²) >= 11 is 0. The van der Waals surface area contributed by atoms with Crippen LogP contribution < -0.4 is 16.4 Å². The van der Waals surface area contributed by atoms with Gasteiger partial charge in [-0.25, -0.2) is 19.5 Å². The van der Waals surface area contributed by atoms with Gasteiger partial charge in [-0.3, -0.25) is 4.79 Å². The van der Waals surface area contributed by atoms with Crippen LogP contribution in [0.3, 0.4) is 0 Å². The number of anilines is 2. The Morgan fingerprint density at radius 1 is 1.22 bits per heavy atom. The zero-order valence-corrected chi connectivity index (χ0v) is 20.5. The van der Waals surface area contributed by atoms with E-state index in [-0.39, 0.29) is 30.4 Å². The Labute approximate surface area is 208 Å². The first-order valence-corrected chi connectivity index (χ1v) is 11.4. The lowest BCUT2D eigenvalue weighted by Gasteiger charge is -2.17. The largest absolute Gasteiger partial charge is 0.395 e. The second-order valence-electron chi connectivity index (χ2n) is 8.54. The highest BCUT2D eigenvalue weighted by Gasteiger charge is 2.21. The number of hydrogen-bond acceptors (Lipinski definition) is 9. The van der Waals surface area contributed by atoms with Crippen molar-refractivity contribution in [2.75, 3.05) is 24.2 Å². The van der Waals surface area contributed by atoms with Crippen molar-refractivity contribution in [2.45, 2.75) is 33.7 Å². The lowest BCUT2D eigenvalue weighted by molar-refractivity contribution is 0.0943. The standard InChI is InChI=1S/C25H27N9O2/c1-13-5-7-34-21(13)20(17-9-14(2)19(15(3)10-17)25(36)28-6-8-35)32-23(33-34)16(4)31-24-18(11-26)22(27)29-12-30-24/h5,7,9-10,12,16,35H,6,8H2,1-4H3,(H,28,36)(H3,27,29,30,31)/t16-/m0/s1. The van der Waals surface area contributed by atoms with Gasteiger partial charge in [0.2, 0.25) is 0 Å². The zero-order chi connectivity index (χ0) is 26.0. The first kappa shape index (κ1) is 24.6. The van der Waals surface area contributed by atoms with Gasteiger partial charge in [-0.1, -0.05) is 0 Å². The Morgan fingerprint density at radius 3 is 2.61 bits per heavy atom. The number of aliphatic hydroxyl groups is 1. The van der Waals surface area contributed by atoms with Crippen LogP contribution in [0.1, 0.15) is 51.4 Å². The summed E-state index contributed by atoms with van der Waals surface area (Å²) in [7, 11) is 0. The number of fused-ring (bicyclic) bond motifs is 1. The molecule has 0 bridgehead atoms. The summed E-state index contributed by atoms with van der Waals surface area (Å²) in [6.45, 7) is 7.67. The number of carbonyl (C=O) groups excluding carboxylic acids is 1. The molecule has 5 N–H and O–H groups in total. The molecule has 0 saturated carbocycles. The van der Waals surface area contributed by atoms with Crippen LogP contribution in [0.5, 0.6) is 0 Å². The van der Waals surface area contributed by atoms with E-state index in [0.29, 0.717) is 22.9 Å². The molecule has 1 atom stereocenters. The van der Waals surface area contributed by atoms with Gasteiger partial charge in [0.25, 0.3) is 5.91 Å². The van der Waals surface area contributed by atoms with E-state index in [0.717, 1.165) is 27.8 Å². The Hall–Kier alpha value is -4.56. The zero-order valence-electron chi connectivity index (χ0n) is 20.5. The number of hydrogen-bond donors (Lipinski definition) is 4. The molecule has 0 spiro atoms. The minimum Gasteiger partial charge on any atom is -0.395 e. The molecule has 4 rings (SSSR count). The number of nitriles is 1. The van der Waals surface area contributed by atoms with Gasteiger partial charge in [-0.15, -0.1) is 0 Å². The molecule has 3 aromatic heterocycles. The minimum absolute atomic E-state index is 0.0920. The predicted molar refractivity (Wildman–Crippen MR) is 135 cm³/mol. The highest BCUT2D eigenvalue weighted by atomic mass is 16.3. The number of nitrogens with one attached hydrogen (secondary N) is 2. The number of aliphatic hydroxyl groups excluding tert-OH is 1. The minimum atomic E-state index is -0.414. The molecule has 184 valence electrons. The molecule has 1 amide bonds. The molecule has 11 nitrogen and oxygen atoms in total. The monoisotopic (exact) mass is 485 g/mol. The fourth-order valence-electron chi connectivity index (χ4n) is 4.18. The summed E-state index contributed by atoms with van der Waals surface area (Å²) in [4.78, 5) is 25.5. The van der Waals surface area contributed by atoms with Gasteiger partial charge in [0, 0.05) is 23.9 Å². The third-order valence-corrected chi connectivity index (χ3v) is 5.89. The average molecular weight is 486 g/mol. The molecule has 0 aliphatic rings. The maximum atomic E-state index is 12.6. The van der Waals surface area contributed by atoms with E-state index >= 15 is 0 Å². The fraction of sp³-hybridized carbons (Fsp3) is 0.280. The average Bonchev–Trinajstić information content (AvgIpc) is 3.22. The normalized spacial score (nSPS) is 11.8. The highest BCUT2D eigenvalue weighted by Crippen LogP contribution is 2.30. The van der Waals surface area contributed by atoms with Gasteiger partial charge in [0.15, 0.2) is 5.82 Å². The van der Waals surface area contributed by atoms with Crippen molar-refractivity contribution in [3.8, 4) is 17.3 Å².